The third-order valence-corrected chi connectivity index (χ3v) is 3.49. The van der Waals surface area contributed by atoms with Crippen molar-refractivity contribution in [2.24, 2.45) is 5.92 Å². The summed E-state index contributed by atoms with van der Waals surface area (Å²) in [7, 11) is 0. The van der Waals surface area contributed by atoms with Crippen molar-refractivity contribution in [1.82, 2.24) is 14.8 Å². The van der Waals surface area contributed by atoms with Gasteiger partial charge in [-0.2, -0.15) is 5.10 Å². The number of anilines is 1. The molecule has 4 nitrogen and oxygen atoms in total. The van der Waals surface area contributed by atoms with E-state index >= 15 is 0 Å². The van der Waals surface area contributed by atoms with Crippen LogP contribution in [0.2, 0.25) is 0 Å². The summed E-state index contributed by atoms with van der Waals surface area (Å²) in [6, 6.07) is 8.50. The van der Waals surface area contributed by atoms with Crippen molar-refractivity contribution in [1.29, 1.82) is 0 Å². The molecule has 0 aliphatic heterocycles. The van der Waals surface area contributed by atoms with Crippen molar-refractivity contribution in [3.8, 4) is 0 Å². The van der Waals surface area contributed by atoms with Crippen LogP contribution in [-0.2, 0) is 6.54 Å². The predicted octanol–water partition coefficient (Wildman–Crippen LogP) is 3.17. The molecule has 4 heteroatoms. The minimum atomic E-state index is 0.749. The molecule has 0 amide bonds. The summed E-state index contributed by atoms with van der Waals surface area (Å²) in [5.41, 5.74) is 2.42. The van der Waals surface area contributed by atoms with E-state index in [0.717, 1.165) is 19.0 Å². The zero-order valence-electron chi connectivity index (χ0n) is 11.7. The van der Waals surface area contributed by atoms with Crippen molar-refractivity contribution < 1.29 is 0 Å². The lowest BCUT2D eigenvalue weighted by molar-refractivity contribution is 0.519. The quantitative estimate of drug-likeness (QED) is 0.829. The maximum atomic E-state index is 4.13. The van der Waals surface area contributed by atoms with Crippen LogP contribution in [0.4, 0.5) is 5.69 Å². The summed E-state index contributed by atoms with van der Waals surface area (Å²) in [5.74, 6) is 0.749. The highest BCUT2D eigenvalue weighted by molar-refractivity contribution is 5.45. The first-order valence-electron chi connectivity index (χ1n) is 6.97. The van der Waals surface area contributed by atoms with Gasteiger partial charge in [-0.05, 0) is 23.6 Å². The molecule has 102 valence electrons. The van der Waals surface area contributed by atoms with Gasteiger partial charge in [0, 0.05) is 12.2 Å². The molecule has 0 aliphatic rings. The molecule has 0 bridgehead atoms. The zero-order valence-corrected chi connectivity index (χ0v) is 11.7. The van der Waals surface area contributed by atoms with Gasteiger partial charge in [0.05, 0.1) is 6.54 Å². The fourth-order valence-corrected chi connectivity index (χ4v) is 2.12. The molecule has 2 rings (SSSR count). The van der Waals surface area contributed by atoms with Crippen LogP contribution in [0.5, 0.6) is 0 Å². The van der Waals surface area contributed by atoms with E-state index in [-0.39, 0.29) is 0 Å². The Balaban J connectivity index is 1.95. The molecule has 0 spiro atoms. The van der Waals surface area contributed by atoms with Gasteiger partial charge in [-0.1, -0.05) is 38.8 Å². The van der Waals surface area contributed by atoms with Crippen LogP contribution in [0.1, 0.15) is 32.3 Å². The largest absolute Gasteiger partial charge is 0.385 e. The highest BCUT2D eigenvalue weighted by Crippen LogP contribution is 2.14. The van der Waals surface area contributed by atoms with Crippen LogP contribution in [-0.4, -0.2) is 21.3 Å². The second kappa shape index (κ2) is 6.92. The Morgan fingerprint density at radius 1 is 1.26 bits per heavy atom. The molecule has 1 heterocycles. The Kier molecular flexibility index (Phi) is 4.95. The van der Waals surface area contributed by atoms with Gasteiger partial charge >= 0.3 is 0 Å². The Morgan fingerprint density at radius 3 is 2.79 bits per heavy atom. The van der Waals surface area contributed by atoms with Crippen LogP contribution in [0, 0.1) is 5.92 Å². The van der Waals surface area contributed by atoms with E-state index in [1.807, 2.05) is 4.68 Å². The molecule has 2 aromatic rings. The number of hydrogen-bond donors (Lipinski definition) is 1. The molecule has 0 atom stereocenters. The summed E-state index contributed by atoms with van der Waals surface area (Å²) in [6.45, 7) is 6.30. The van der Waals surface area contributed by atoms with E-state index in [9.17, 15) is 0 Å². The summed E-state index contributed by atoms with van der Waals surface area (Å²) in [4.78, 5) is 3.96. The first kappa shape index (κ1) is 13.6. The van der Waals surface area contributed by atoms with Crippen LogP contribution >= 0.6 is 0 Å². The average Bonchev–Trinajstić information content (AvgIpc) is 2.93. The van der Waals surface area contributed by atoms with Crippen LogP contribution < -0.4 is 5.32 Å². The maximum absolute atomic E-state index is 4.13. The highest BCUT2D eigenvalue weighted by atomic mass is 15.3. The number of hydrogen-bond acceptors (Lipinski definition) is 3. The molecule has 19 heavy (non-hydrogen) atoms. The van der Waals surface area contributed by atoms with Gasteiger partial charge in [-0.15, -0.1) is 0 Å². The fourth-order valence-electron chi connectivity index (χ4n) is 2.12. The zero-order chi connectivity index (χ0) is 13.5. The van der Waals surface area contributed by atoms with Crippen molar-refractivity contribution in [3.05, 3.63) is 42.5 Å². The molecule has 0 unspecified atom stereocenters. The molecule has 0 saturated carbocycles. The van der Waals surface area contributed by atoms with E-state index in [1.165, 1.54) is 24.1 Å². The summed E-state index contributed by atoms with van der Waals surface area (Å²) < 4.78 is 1.83. The Labute approximate surface area is 114 Å². The van der Waals surface area contributed by atoms with Crippen molar-refractivity contribution in [3.63, 3.8) is 0 Å². The Bertz CT molecular complexity index is 475. The SMILES string of the molecule is CCC(CC)CNc1cccc(Cn2cncn2)c1. The normalized spacial score (nSPS) is 10.9. The van der Waals surface area contributed by atoms with Gasteiger partial charge in [0.25, 0.3) is 0 Å². The van der Waals surface area contributed by atoms with E-state index in [4.69, 9.17) is 0 Å². The molecule has 0 radical (unpaired) electrons. The van der Waals surface area contributed by atoms with Crippen LogP contribution in [0.25, 0.3) is 0 Å². The standard InChI is InChI=1S/C15H22N4/c1-3-13(4-2)9-17-15-7-5-6-14(8-15)10-19-12-16-11-18-19/h5-8,11-13,17H,3-4,9-10H2,1-2H3. The third kappa shape index (κ3) is 4.09. The van der Waals surface area contributed by atoms with E-state index in [1.54, 1.807) is 12.7 Å². The predicted molar refractivity (Wildman–Crippen MR) is 78.1 cm³/mol. The Morgan fingerprint density at radius 2 is 2.11 bits per heavy atom. The lowest BCUT2D eigenvalue weighted by Gasteiger charge is -2.15. The van der Waals surface area contributed by atoms with Gasteiger partial charge < -0.3 is 5.32 Å². The molecule has 1 N–H and O–H groups in total. The van der Waals surface area contributed by atoms with Gasteiger partial charge in [0.1, 0.15) is 12.7 Å². The topological polar surface area (TPSA) is 42.7 Å². The summed E-state index contributed by atoms with van der Waals surface area (Å²) in [6.07, 6.45) is 5.75. The lowest BCUT2D eigenvalue weighted by Crippen LogP contribution is -2.12. The molecular formula is C15H22N4. The van der Waals surface area contributed by atoms with E-state index in [0.29, 0.717) is 0 Å². The smallest absolute Gasteiger partial charge is 0.137 e. The monoisotopic (exact) mass is 258 g/mol. The number of benzene rings is 1. The first-order valence-corrected chi connectivity index (χ1v) is 6.97. The van der Waals surface area contributed by atoms with Crippen molar-refractivity contribution in [2.75, 3.05) is 11.9 Å². The van der Waals surface area contributed by atoms with Crippen LogP contribution in [0.3, 0.4) is 0 Å². The molecular weight excluding hydrogens is 236 g/mol. The van der Waals surface area contributed by atoms with Gasteiger partial charge in [0.2, 0.25) is 0 Å². The first-order chi connectivity index (χ1) is 9.31. The van der Waals surface area contributed by atoms with Crippen molar-refractivity contribution in [2.45, 2.75) is 33.2 Å². The molecule has 1 aromatic heterocycles. The number of nitrogens with one attached hydrogen (secondary N) is 1. The van der Waals surface area contributed by atoms with E-state index in [2.05, 4.69) is 53.5 Å². The van der Waals surface area contributed by atoms with Crippen molar-refractivity contribution >= 4 is 5.69 Å². The average molecular weight is 258 g/mol. The molecule has 0 fully saturated rings. The third-order valence-electron chi connectivity index (χ3n) is 3.49. The second-order valence-electron chi connectivity index (χ2n) is 4.86. The van der Waals surface area contributed by atoms with Gasteiger partial charge in [-0.3, -0.25) is 0 Å². The number of aromatic nitrogens is 3. The second-order valence-corrected chi connectivity index (χ2v) is 4.86. The molecule has 0 saturated heterocycles. The summed E-state index contributed by atoms with van der Waals surface area (Å²) in [5, 5.41) is 7.65. The number of nitrogens with zero attached hydrogens (tertiary/aromatic N) is 3. The lowest BCUT2D eigenvalue weighted by atomic mass is 10.0. The maximum Gasteiger partial charge on any atom is 0.137 e. The minimum Gasteiger partial charge on any atom is -0.385 e. The Hall–Kier alpha value is -1.84. The fraction of sp³-hybridized carbons (Fsp3) is 0.467. The van der Waals surface area contributed by atoms with Crippen LogP contribution in [0.15, 0.2) is 36.9 Å². The minimum absolute atomic E-state index is 0.749. The molecule has 1 aromatic carbocycles. The highest BCUT2D eigenvalue weighted by Gasteiger charge is 2.03. The summed E-state index contributed by atoms with van der Waals surface area (Å²) >= 11 is 0. The van der Waals surface area contributed by atoms with Gasteiger partial charge in [-0.25, -0.2) is 9.67 Å². The molecule has 0 aliphatic carbocycles. The van der Waals surface area contributed by atoms with Gasteiger partial charge in [0.15, 0.2) is 0 Å². The number of rotatable bonds is 7. The van der Waals surface area contributed by atoms with E-state index < -0.39 is 0 Å².